The summed E-state index contributed by atoms with van der Waals surface area (Å²) in [6.45, 7) is 2.18. The van der Waals surface area contributed by atoms with E-state index < -0.39 is 0 Å². The number of carbonyl (C=O) groups is 1. The van der Waals surface area contributed by atoms with Crippen molar-refractivity contribution in [3.05, 3.63) is 41.8 Å². The highest BCUT2D eigenvalue weighted by atomic mass is 16.5. The molecule has 0 bridgehead atoms. The predicted octanol–water partition coefficient (Wildman–Crippen LogP) is 3.38. The van der Waals surface area contributed by atoms with E-state index in [9.17, 15) is 4.79 Å². The molecule has 1 aromatic carbocycles. The van der Waals surface area contributed by atoms with Gasteiger partial charge in [0, 0.05) is 12.8 Å². The Morgan fingerprint density at radius 1 is 1.25 bits per heavy atom. The van der Waals surface area contributed by atoms with Crippen LogP contribution in [-0.2, 0) is 4.74 Å². The molecule has 0 N–H and O–H groups in total. The maximum Gasteiger partial charge on any atom is 0.338 e. The Balaban J connectivity index is 1.88. The molecule has 0 heterocycles. The van der Waals surface area contributed by atoms with E-state index >= 15 is 0 Å². The molecule has 2 heteroatoms. The van der Waals surface area contributed by atoms with Crippen molar-refractivity contribution in [3.8, 4) is 0 Å². The van der Waals surface area contributed by atoms with E-state index in [2.05, 4.69) is 6.92 Å². The normalized spacial score (nSPS) is 17.2. The van der Waals surface area contributed by atoms with Crippen LogP contribution in [0.2, 0.25) is 0 Å². The Kier molecular flexibility index (Phi) is 3.50. The van der Waals surface area contributed by atoms with Crippen LogP contribution < -0.4 is 0 Å². The molecule has 2 rings (SSSR count). The summed E-state index contributed by atoms with van der Waals surface area (Å²) in [6, 6.07) is 9.20. The highest BCUT2D eigenvalue weighted by Gasteiger charge is 2.27. The number of benzene rings is 1. The largest absolute Gasteiger partial charge is 0.458 e. The van der Waals surface area contributed by atoms with Crippen LogP contribution in [0, 0.1) is 5.92 Å². The van der Waals surface area contributed by atoms with Crippen LogP contribution in [-0.4, -0.2) is 12.1 Å². The SMILES string of the molecule is C[C+]1CCC(OC(=O)c2ccccc2)CC1. The summed E-state index contributed by atoms with van der Waals surface area (Å²) in [4.78, 5) is 11.8. The first kappa shape index (κ1) is 11.1. The monoisotopic (exact) mass is 217 g/mol. The van der Waals surface area contributed by atoms with Gasteiger partial charge in [-0.25, -0.2) is 4.79 Å². The molecule has 1 saturated carbocycles. The molecule has 0 unspecified atom stereocenters. The van der Waals surface area contributed by atoms with Crippen LogP contribution in [0.15, 0.2) is 30.3 Å². The van der Waals surface area contributed by atoms with E-state index in [1.165, 1.54) is 5.92 Å². The fraction of sp³-hybridized carbons (Fsp3) is 0.429. The second-order valence-corrected chi connectivity index (χ2v) is 4.43. The number of hydrogen-bond donors (Lipinski definition) is 0. The smallest absolute Gasteiger partial charge is 0.338 e. The quantitative estimate of drug-likeness (QED) is 0.560. The van der Waals surface area contributed by atoms with Crippen LogP contribution in [0.5, 0.6) is 0 Å². The third-order valence-electron chi connectivity index (χ3n) is 3.07. The lowest BCUT2D eigenvalue weighted by molar-refractivity contribution is 0.0225. The standard InChI is InChI=1S/C14H17O2/c1-11-7-9-13(10-8-11)16-14(15)12-5-3-2-4-6-12/h2-6,13H,7-10H2,1H3/q+1. The summed E-state index contributed by atoms with van der Waals surface area (Å²) in [7, 11) is 0. The van der Waals surface area contributed by atoms with Gasteiger partial charge in [0.15, 0.2) is 0 Å². The number of esters is 1. The zero-order valence-corrected chi connectivity index (χ0v) is 9.61. The molecule has 0 amide bonds. The van der Waals surface area contributed by atoms with Gasteiger partial charge < -0.3 is 4.74 Å². The fourth-order valence-corrected chi connectivity index (χ4v) is 2.00. The third-order valence-corrected chi connectivity index (χ3v) is 3.07. The van der Waals surface area contributed by atoms with Crippen LogP contribution >= 0.6 is 0 Å². The van der Waals surface area contributed by atoms with Gasteiger partial charge in [-0.3, -0.25) is 0 Å². The molecular formula is C14H17O2+. The second-order valence-electron chi connectivity index (χ2n) is 4.43. The highest BCUT2D eigenvalue weighted by molar-refractivity contribution is 5.89. The lowest BCUT2D eigenvalue weighted by Crippen LogP contribution is -2.23. The van der Waals surface area contributed by atoms with Gasteiger partial charge in [0.25, 0.3) is 0 Å². The van der Waals surface area contributed by atoms with Gasteiger partial charge in [-0.05, 0) is 12.1 Å². The average Bonchev–Trinajstić information content (AvgIpc) is 2.33. The van der Waals surface area contributed by atoms with Crippen molar-refractivity contribution in [2.75, 3.05) is 0 Å². The molecule has 0 spiro atoms. The third kappa shape index (κ3) is 2.78. The Bertz CT molecular complexity index is 337. The van der Waals surface area contributed by atoms with Gasteiger partial charge in [-0.15, -0.1) is 0 Å². The highest BCUT2D eigenvalue weighted by Crippen LogP contribution is 2.27. The Morgan fingerprint density at radius 3 is 2.50 bits per heavy atom. The lowest BCUT2D eigenvalue weighted by Gasteiger charge is -2.20. The second kappa shape index (κ2) is 5.06. The van der Waals surface area contributed by atoms with Crippen molar-refractivity contribution in [1.82, 2.24) is 0 Å². The molecule has 0 atom stereocenters. The summed E-state index contributed by atoms with van der Waals surface area (Å²) in [5, 5.41) is 0. The Labute approximate surface area is 96.6 Å². The molecule has 1 aromatic rings. The average molecular weight is 217 g/mol. The van der Waals surface area contributed by atoms with E-state index in [1.54, 1.807) is 12.1 Å². The van der Waals surface area contributed by atoms with Gasteiger partial charge in [0.2, 0.25) is 0 Å². The van der Waals surface area contributed by atoms with E-state index in [0.717, 1.165) is 25.7 Å². The van der Waals surface area contributed by atoms with E-state index in [-0.39, 0.29) is 12.1 Å². The maximum atomic E-state index is 11.8. The summed E-state index contributed by atoms with van der Waals surface area (Å²) in [6.07, 6.45) is 4.24. The molecule has 1 aliphatic rings. The minimum atomic E-state index is -0.190. The first-order valence-corrected chi connectivity index (χ1v) is 5.83. The number of ether oxygens (including phenoxy) is 1. The van der Waals surface area contributed by atoms with Crippen molar-refractivity contribution >= 4 is 5.97 Å². The van der Waals surface area contributed by atoms with Crippen molar-refractivity contribution in [2.45, 2.75) is 38.7 Å². The summed E-state index contributed by atoms with van der Waals surface area (Å²) in [5.41, 5.74) is 0.647. The molecule has 2 nitrogen and oxygen atoms in total. The predicted molar refractivity (Wildman–Crippen MR) is 63.0 cm³/mol. The minimum absolute atomic E-state index is 0.108. The summed E-state index contributed by atoms with van der Waals surface area (Å²) < 4.78 is 5.47. The lowest BCUT2D eigenvalue weighted by atomic mass is 9.89. The topological polar surface area (TPSA) is 26.3 Å². The van der Waals surface area contributed by atoms with E-state index in [0.29, 0.717) is 5.56 Å². The first-order chi connectivity index (χ1) is 7.75. The maximum absolute atomic E-state index is 11.8. The fourth-order valence-electron chi connectivity index (χ4n) is 2.00. The number of carbonyl (C=O) groups excluding carboxylic acids is 1. The van der Waals surface area contributed by atoms with Crippen molar-refractivity contribution < 1.29 is 9.53 Å². The first-order valence-electron chi connectivity index (χ1n) is 5.83. The molecule has 1 aliphatic carbocycles. The molecule has 0 aromatic heterocycles. The van der Waals surface area contributed by atoms with Crippen molar-refractivity contribution in [1.29, 1.82) is 0 Å². The molecule has 1 fully saturated rings. The molecule has 0 aliphatic heterocycles. The van der Waals surface area contributed by atoms with Crippen molar-refractivity contribution in [2.24, 2.45) is 0 Å². The van der Waals surface area contributed by atoms with E-state index in [4.69, 9.17) is 4.74 Å². The molecule has 0 radical (unpaired) electrons. The van der Waals surface area contributed by atoms with Crippen LogP contribution in [0.4, 0.5) is 0 Å². The van der Waals surface area contributed by atoms with Gasteiger partial charge in [-0.2, -0.15) is 0 Å². The Hall–Kier alpha value is -1.44. The van der Waals surface area contributed by atoms with Gasteiger partial charge in [-0.1, -0.05) is 18.2 Å². The van der Waals surface area contributed by atoms with Crippen molar-refractivity contribution in [3.63, 3.8) is 0 Å². The van der Waals surface area contributed by atoms with Gasteiger partial charge >= 0.3 is 5.97 Å². The summed E-state index contributed by atoms with van der Waals surface area (Å²) >= 11 is 0. The Morgan fingerprint density at radius 2 is 1.88 bits per heavy atom. The van der Waals surface area contributed by atoms with Crippen LogP contribution in [0.1, 0.15) is 43.0 Å². The zero-order valence-electron chi connectivity index (χ0n) is 9.61. The van der Waals surface area contributed by atoms with Gasteiger partial charge in [0.1, 0.15) is 6.10 Å². The molecule has 16 heavy (non-hydrogen) atoms. The van der Waals surface area contributed by atoms with E-state index in [1.807, 2.05) is 18.2 Å². The van der Waals surface area contributed by atoms with Gasteiger partial charge in [0.05, 0.1) is 31.2 Å². The van der Waals surface area contributed by atoms with Crippen LogP contribution in [0.3, 0.4) is 0 Å². The van der Waals surface area contributed by atoms with Crippen LogP contribution in [0.25, 0.3) is 0 Å². The molecule has 0 saturated heterocycles. The molecular weight excluding hydrogens is 200 g/mol. The number of hydrogen-bond acceptors (Lipinski definition) is 2. The minimum Gasteiger partial charge on any atom is -0.458 e. The summed E-state index contributed by atoms with van der Waals surface area (Å²) in [5.74, 6) is 1.33. The molecule has 84 valence electrons. The zero-order chi connectivity index (χ0) is 11.4. The number of rotatable bonds is 2.